The van der Waals surface area contributed by atoms with E-state index in [4.69, 9.17) is 0 Å². The van der Waals surface area contributed by atoms with E-state index in [1.165, 1.54) is 45.2 Å². The summed E-state index contributed by atoms with van der Waals surface area (Å²) in [5, 5.41) is 7.30. The van der Waals surface area contributed by atoms with Crippen LogP contribution in [0.5, 0.6) is 0 Å². The molecule has 0 aliphatic carbocycles. The molecule has 2 nitrogen and oxygen atoms in total. The third-order valence-electron chi connectivity index (χ3n) is 3.53. The highest BCUT2D eigenvalue weighted by Gasteiger charge is 2.26. The predicted octanol–water partition coefficient (Wildman–Crippen LogP) is 1.52. The Labute approximate surface area is 81.5 Å². The smallest absolute Gasteiger partial charge is 0.0223 e. The second-order valence-electron chi connectivity index (χ2n) is 4.75. The minimum Gasteiger partial charge on any atom is -0.312 e. The SMILES string of the molecule is CC1CCNC(C2CCCCN2)C1. The van der Waals surface area contributed by atoms with Crippen molar-refractivity contribution in [1.82, 2.24) is 10.6 Å². The molecule has 2 heterocycles. The Bertz CT molecular complexity index is 152. The van der Waals surface area contributed by atoms with E-state index in [1.807, 2.05) is 0 Å². The van der Waals surface area contributed by atoms with Gasteiger partial charge in [0.15, 0.2) is 0 Å². The lowest BCUT2D eigenvalue weighted by Gasteiger charge is -2.36. The number of piperidine rings is 2. The van der Waals surface area contributed by atoms with Crippen molar-refractivity contribution in [1.29, 1.82) is 0 Å². The van der Waals surface area contributed by atoms with Crippen molar-refractivity contribution in [3.8, 4) is 0 Å². The Morgan fingerprint density at radius 1 is 0.923 bits per heavy atom. The summed E-state index contributed by atoms with van der Waals surface area (Å²) in [6.07, 6.45) is 6.91. The molecule has 0 amide bonds. The van der Waals surface area contributed by atoms with E-state index >= 15 is 0 Å². The van der Waals surface area contributed by atoms with E-state index in [1.54, 1.807) is 0 Å². The molecule has 76 valence electrons. The summed E-state index contributed by atoms with van der Waals surface area (Å²) in [5.41, 5.74) is 0. The number of hydrogen-bond donors (Lipinski definition) is 2. The molecule has 2 fully saturated rings. The van der Waals surface area contributed by atoms with Gasteiger partial charge >= 0.3 is 0 Å². The predicted molar refractivity (Wildman–Crippen MR) is 55.8 cm³/mol. The fourth-order valence-corrected chi connectivity index (χ4v) is 2.68. The zero-order valence-electron chi connectivity index (χ0n) is 8.68. The van der Waals surface area contributed by atoms with Crippen molar-refractivity contribution in [3.05, 3.63) is 0 Å². The Balaban J connectivity index is 1.83. The summed E-state index contributed by atoms with van der Waals surface area (Å²) in [6, 6.07) is 1.51. The van der Waals surface area contributed by atoms with Crippen molar-refractivity contribution >= 4 is 0 Å². The summed E-state index contributed by atoms with van der Waals surface area (Å²) in [7, 11) is 0. The molecule has 2 N–H and O–H groups in total. The molecule has 0 aromatic rings. The first-order valence-electron chi connectivity index (χ1n) is 5.83. The van der Waals surface area contributed by atoms with Crippen LogP contribution < -0.4 is 10.6 Å². The van der Waals surface area contributed by atoms with Gasteiger partial charge in [0.05, 0.1) is 0 Å². The maximum absolute atomic E-state index is 3.66. The van der Waals surface area contributed by atoms with Crippen LogP contribution in [-0.2, 0) is 0 Å². The van der Waals surface area contributed by atoms with Gasteiger partial charge in [-0.15, -0.1) is 0 Å². The number of hydrogen-bond acceptors (Lipinski definition) is 2. The van der Waals surface area contributed by atoms with Gasteiger partial charge in [0.2, 0.25) is 0 Å². The van der Waals surface area contributed by atoms with Crippen molar-refractivity contribution in [2.75, 3.05) is 13.1 Å². The highest BCUT2D eigenvalue weighted by atomic mass is 15.0. The quantitative estimate of drug-likeness (QED) is 0.642. The first-order chi connectivity index (χ1) is 6.36. The first kappa shape index (κ1) is 9.47. The van der Waals surface area contributed by atoms with E-state index in [0.717, 1.165) is 18.0 Å². The zero-order valence-corrected chi connectivity index (χ0v) is 8.68. The third kappa shape index (κ3) is 2.44. The van der Waals surface area contributed by atoms with Gasteiger partial charge in [0, 0.05) is 12.1 Å². The van der Waals surface area contributed by atoms with Gasteiger partial charge in [-0.25, -0.2) is 0 Å². The van der Waals surface area contributed by atoms with Crippen LogP contribution in [0.3, 0.4) is 0 Å². The van der Waals surface area contributed by atoms with Gasteiger partial charge in [-0.05, 0) is 44.7 Å². The maximum Gasteiger partial charge on any atom is 0.0223 e. The van der Waals surface area contributed by atoms with E-state index in [-0.39, 0.29) is 0 Å². The molecule has 2 aliphatic rings. The van der Waals surface area contributed by atoms with Crippen molar-refractivity contribution < 1.29 is 0 Å². The molecule has 13 heavy (non-hydrogen) atoms. The van der Waals surface area contributed by atoms with Gasteiger partial charge < -0.3 is 10.6 Å². The van der Waals surface area contributed by atoms with Crippen LogP contribution >= 0.6 is 0 Å². The van der Waals surface area contributed by atoms with E-state index < -0.39 is 0 Å². The molecule has 0 bridgehead atoms. The summed E-state index contributed by atoms with van der Waals surface area (Å²) in [5.74, 6) is 0.926. The average Bonchev–Trinajstić information content (AvgIpc) is 2.19. The highest BCUT2D eigenvalue weighted by molar-refractivity contribution is 4.88. The Hall–Kier alpha value is -0.0800. The fraction of sp³-hybridized carbons (Fsp3) is 1.00. The molecule has 2 aliphatic heterocycles. The van der Waals surface area contributed by atoms with Gasteiger partial charge in [0.1, 0.15) is 0 Å². The monoisotopic (exact) mass is 182 g/mol. The normalized spacial score (nSPS) is 41.8. The van der Waals surface area contributed by atoms with Gasteiger partial charge in [-0.2, -0.15) is 0 Å². The van der Waals surface area contributed by atoms with Gasteiger partial charge in [-0.3, -0.25) is 0 Å². The second-order valence-corrected chi connectivity index (χ2v) is 4.75. The Morgan fingerprint density at radius 2 is 1.77 bits per heavy atom. The van der Waals surface area contributed by atoms with Crippen LogP contribution in [0.15, 0.2) is 0 Å². The Kier molecular flexibility index (Phi) is 3.23. The molecule has 0 saturated carbocycles. The van der Waals surface area contributed by atoms with Crippen LogP contribution in [0.1, 0.15) is 39.0 Å². The summed E-state index contributed by atoms with van der Waals surface area (Å²) in [6.45, 7) is 4.85. The lowest BCUT2D eigenvalue weighted by atomic mass is 9.87. The van der Waals surface area contributed by atoms with Gasteiger partial charge in [0.25, 0.3) is 0 Å². The number of nitrogens with one attached hydrogen (secondary N) is 2. The van der Waals surface area contributed by atoms with Crippen LogP contribution in [0.2, 0.25) is 0 Å². The molecular weight excluding hydrogens is 160 g/mol. The van der Waals surface area contributed by atoms with Crippen molar-refractivity contribution in [3.63, 3.8) is 0 Å². The summed E-state index contributed by atoms with van der Waals surface area (Å²) < 4.78 is 0. The molecule has 3 atom stereocenters. The summed E-state index contributed by atoms with van der Waals surface area (Å²) >= 11 is 0. The van der Waals surface area contributed by atoms with E-state index in [9.17, 15) is 0 Å². The van der Waals surface area contributed by atoms with E-state index in [0.29, 0.717) is 0 Å². The van der Waals surface area contributed by atoms with Crippen LogP contribution in [0.25, 0.3) is 0 Å². The van der Waals surface area contributed by atoms with Crippen LogP contribution in [0.4, 0.5) is 0 Å². The first-order valence-corrected chi connectivity index (χ1v) is 5.83. The lowest BCUT2D eigenvalue weighted by molar-refractivity contribution is 0.236. The molecule has 2 rings (SSSR count). The topological polar surface area (TPSA) is 24.1 Å². The molecular formula is C11H22N2. The highest BCUT2D eigenvalue weighted by Crippen LogP contribution is 2.21. The van der Waals surface area contributed by atoms with E-state index in [2.05, 4.69) is 17.6 Å². The Morgan fingerprint density at radius 3 is 2.46 bits per heavy atom. The molecule has 3 unspecified atom stereocenters. The average molecular weight is 182 g/mol. The largest absolute Gasteiger partial charge is 0.312 e. The zero-order chi connectivity index (χ0) is 9.10. The van der Waals surface area contributed by atoms with Crippen molar-refractivity contribution in [2.45, 2.75) is 51.1 Å². The lowest BCUT2D eigenvalue weighted by Crippen LogP contribution is -2.53. The van der Waals surface area contributed by atoms with Crippen molar-refractivity contribution in [2.24, 2.45) is 5.92 Å². The molecule has 2 heteroatoms. The third-order valence-corrected chi connectivity index (χ3v) is 3.53. The second kappa shape index (κ2) is 4.43. The number of rotatable bonds is 1. The minimum atomic E-state index is 0.754. The van der Waals surface area contributed by atoms with Crippen LogP contribution in [-0.4, -0.2) is 25.2 Å². The molecule has 0 radical (unpaired) electrons. The fourth-order valence-electron chi connectivity index (χ4n) is 2.68. The minimum absolute atomic E-state index is 0.754. The van der Waals surface area contributed by atoms with Crippen LogP contribution in [0, 0.1) is 5.92 Å². The molecule has 0 aromatic heterocycles. The molecule has 0 aromatic carbocycles. The maximum atomic E-state index is 3.66. The standard InChI is InChI=1S/C11H22N2/c1-9-5-7-13-11(8-9)10-4-2-3-6-12-10/h9-13H,2-8H2,1H3. The molecule has 0 spiro atoms. The summed E-state index contributed by atoms with van der Waals surface area (Å²) in [4.78, 5) is 0. The van der Waals surface area contributed by atoms with Gasteiger partial charge in [-0.1, -0.05) is 13.3 Å². The molecule has 2 saturated heterocycles.